The number of rotatable bonds is 2. The molecule has 0 atom stereocenters. The van der Waals surface area contributed by atoms with Crippen LogP contribution in [0.25, 0.3) is 0 Å². The van der Waals surface area contributed by atoms with Crippen LogP contribution in [0.15, 0.2) is 41.5 Å². The molecule has 0 aromatic heterocycles. The van der Waals surface area contributed by atoms with Gasteiger partial charge in [0.05, 0.1) is 11.6 Å². The van der Waals surface area contributed by atoms with Crippen LogP contribution in [0, 0.1) is 11.3 Å². The van der Waals surface area contributed by atoms with E-state index in [1.165, 1.54) is 6.08 Å². The Bertz CT molecular complexity index is 504. The van der Waals surface area contributed by atoms with Crippen molar-refractivity contribution in [2.45, 2.75) is 12.8 Å². The van der Waals surface area contributed by atoms with Gasteiger partial charge >= 0.3 is 0 Å². The average Bonchev–Trinajstić information content (AvgIpc) is 2.30. The second-order valence-corrected chi connectivity index (χ2v) is 3.64. The molecule has 16 heavy (non-hydrogen) atoms. The summed E-state index contributed by atoms with van der Waals surface area (Å²) < 4.78 is 0. The van der Waals surface area contributed by atoms with E-state index in [0.29, 0.717) is 18.4 Å². The van der Waals surface area contributed by atoms with Crippen molar-refractivity contribution in [2.75, 3.05) is 0 Å². The van der Waals surface area contributed by atoms with Gasteiger partial charge in [-0.15, -0.1) is 0 Å². The summed E-state index contributed by atoms with van der Waals surface area (Å²) in [5.41, 5.74) is 2.59. The number of nitrogens with zero attached hydrogens (tertiary/aromatic N) is 2. The van der Waals surface area contributed by atoms with Gasteiger partial charge in [0, 0.05) is 24.8 Å². The van der Waals surface area contributed by atoms with Gasteiger partial charge in [0.15, 0.2) is 5.78 Å². The van der Waals surface area contributed by atoms with E-state index >= 15 is 0 Å². The minimum Gasteiger partial charge on any atom is -0.294 e. The molecule has 2 rings (SSSR count). The van der Waals surface area contributed by atoms with Crippen molar-refractivity contribution in [3.63, 3.8) is 0 Å². The molecule has 1 heterocycles. The van der Waals surface area contributed by atoms with Crippen LogP contribution < -0.4 is 0 Å². The number of hydrogen-bond acceptors (Lipinski definition) is 3. The van der Waals surface area contributed by atoms with Crippen LogP contribution in [0.2, 0.25) is 0 Å². The number of carbonyl (C=O) groups is 1. The Morgan fingerprint density at radius 2 is 2.06 bits per heavy atom. The van der Waals surface area contributed by atoms with Gasteiger partial charge in [0.2, 0.25) is 0 Å². The Hall–Kier alpha value is -2.21. The van der Waals surface area contributed by atoms with Crippen LogP contribution in [0.3, 0.4) is 0 Å². The van der Waals surface area contributed by atoms with E-state index in [9.17, 15) is 4.79 Å². The van der Waals surface area contributed by atoms with E-state index in [0.717, 1.165) is 11.3 Å². The number of nitriles is 1. The second-order valence-electron chi connectivity index (χ2n) is 3.64. The summed E-state index contributed by atoms with van der Waals surface area (Å²) in [7, 11) is 0. The van der Waals surface area contributed by atoms with Gasteiger partial charge < -0.3 is 0 Å². The molecule has 3 heteroatoms. The predicted molar refractivity (Wildman–Crippen MR) is 61.1 cm³/mol. The SMILES string of the molecule is N#Cc1ccc(CC2=NC=CC(=O)C2)cc1. The van der Waals surface area contributed by atoms with Gasteiger partial charge in [-0.25, -0.2) is 0 Å². The zero-order valence-electron chi connectivity index (χ0n) is 8.68. The molecule has 0 radical (unpaired) electrons. The number of ketones is 1. The molecule has 78 valence electrons. The molecule has 1 aromatic carbocycles. The lowest BCUT2D eigenvalue weighted by atomic mass is 10.0. The third kappa shape index (κ3) is 2.43. The monoisotopic (exact) mass is 210 g/mol. The van der Waals surface area contributed by atoms with Gasteiger partial charge in [0.25, 0.3) is 0 Å². The molecule has 3 nitrogen and oxygen atoms in total. The first-order valence-corrected chi connectivity index (χ1v) is 5.02. The van der Waals surface area contributed by atoms with Crippen LogP contribution in [-0.2, 0) is 11.2 Å². The van der Waals surface area contributed by atoms with Crippen molar-refractivity contribution in [3.05, 3.63) is 47.7 Å². The molecule has 0 bridgehead atoms. The van der Waals surface area contributed by atoms with Crippen LogP contribution in [0.4, 0.5) is 0 Å². The fourth-order valence-electron chi connectivity index (χ4n) is 1.57. The summed E-state index contributed by atoms with van der Waals surface area (Å²) in [5.74, 6) is 0.0960. The summed E-state index contributed by atoms with van der Waals surface area (Å²) in [6, 6.07) is 9.40. The molecule has 0 unspecified atom stereocenters. The van der Waals surface area contributed by atoms with E-state index in [4.69, 9.17) is 5.26 Å². The van der Waals surface area contributed by atoms with Gasteiger partial charge in [-0.05, 0) is 23.8 Å². The smallest absolute Gasteiger partial charge is 0.162 e. The normalized spacial score (nSPS) is 14.4. The molecule has 0 fully saturated rings. The quantitative estimate of drug-likeness (QED) is 0.749. The van der Waals surface area contributed by atoms with E-state index in [1.54, 1.807) is 18.3 Å². The van der Waals surface area contributed by atoms with Gasteiger partial charge in [-0.3, -0.25) is 9.79 Å². The van der Waals surface area contributed by atoms with E-state index in [2.05, 4.69) is 11.1 Å². The highest BCUT2D eigenvalue weighted by atomic mass is 16.1. The summed E-state index contributed by atoms with van der Waals surface area (Å²) in [5, 5.41) is 8.66. The molecule has 0 spiro atoms. The molecule has 0 amide bonds. The molecule has 0 N–H and O–H groups in total. The van der Waals surface area contributed by atoms with Crippen LogP contribution >= 0.6 is 0 Å². The van der Waals surface area contributed by atoms with Crippen LogP contribution in [0.1, 0.15) is 17.5 Å². The zero-order chi connectivity index (χ0) is 11.4. The fraction of sp³-hybridized carbons (Fsp3) is 0.154. The molecule has 0 aliphatic carbocycles. The highest BCUT2D eigenvalue weighted by molar-refractivity contribution is 6.09. The minimum absolute atomic E-state index is 0.0960. The summed E-state index contributed by atoms with van der Waals surface area (Å²) in [6.07, 6.45) is 4.10. The van der Waals surface area contributed by atoms with Gasteiger partial charge in [-0.2, -0.15) is 5.26 Å². The minimum atomic E-state index is 0.0960. The number of hydrogen-bond donors (Lipinski definition) is 0. The Kier molecular flexibility index (Phi) is 2.93. The average molecular weight is 210 g/mol. The Morgan fingerprint density at radius 3 is 2.69 bits per heavy atom. The van der Waals surface area contributed by atoms with Crippen molar-refractivity contribution < 1.29 is 4.79 Å². The summed E-state index contributed by atoms with van der Waals surface area (Å²) in [6.45, 7) is 0. The van der Waals surface area contributed by atoms with Gasteiger partial charge in [0.1, 0.15) is 0 Å². The molecule has 0 saturated heterocycles. The predicted octanol–water partition coefficient (Wildman–Crippen LogP) is 2.03. The fourth-order valence-corrected chi connectivity index (χ4v) is 1.57. The number of benzene rings is 1. The summed E-state index contributed by atoms with van der Waals surface area (Å²) in [4.78, 5) is 15.3. The lowest BCUT2D eigenvalue weighted by Crippen LogP contribution is -2.11. The number of carbonyl (C=O) groups excluding carboxylic acids is 1. The molecule has 0 saturated carbocycles. The Balaban J connectivity index is 2.10. The highest BCUT2D eigenvalue weighted by Crippen LogP contribution is 2.09. The van der Waals surface area contributed by atoms with E-state index in [-0.39, 0.29) is 5.78 Å². The Morgan fingerprint density at radius 1 is 1.31 bits per heavy atom. The van der Waals surface area contributed by atoms with Crippen molar-refractivity contribution in [1.82, 2.24) is 0 Å². The Labute approximate surface area is 93.7 Å². The van der Waals surface area contributed by atoms with E-state index in [1.807, 2.05) is 12.1 Å². The third-order valence-electron chi connectivity index (χ3n) is 2.39. The van der Waals surface area contributed by atoms with E-state index < -0.39 is 0 Å². The first-order valence-electron chi connectivity index (χ1n) is 5.02. The number of allylic oxidation sites excluding steroid dienone is 1. The second kappa shape index (κ2) is 4.54. The standard InChI is InChI=1S/C13H10N2O/c14-9-11-3-1-10(2-4-11)7-12-8-13(16)5-6-15-12/h1-6H,7-8H2. The topological polar surface area (TPSA) is 53.2 Å². The van der Waals surface area contributed by atoms with Crippen molar-refractivity contribution >= 4 is 11.5 Å². The maximum Gasteiger partial charge on any atom is 0.162 e. The van der Waals surface area contributed by atoms with Crippen LogP contribution in [0.5, 0.6) is 0 Å². The maximum absolute atomic E-state index is 11.2. The molecule has 1 aliphatic heterocycles. The summed E-state index contributed by atoms with van der Waals surface area (Å²) >= 11 is 0. The highest BCUT2D eigenvalue weighted by Gasteiger charge is 2.09. The largest absolute Gasteiger partial charge is 0.294 e. The first-order chi connectivity index (χ1) is 7.78. The lowest BCUT2D eigenvalue weighted by Gasteiger charge is -2.06. The first kappa shape index (κ1) is 10.3. The van der Waals surface area contributed by atoms with Crippen molar-refractivity contribution in [3.8, 4) is 6.07 Å². The number of aliphatic imine (C=N–C) groups is 1. The molecule has 1 aliphatic rings. The zero-order valence-corrected chi connectivity index (χ0v) is 8.68. The molecular formula is C13H10N2O. The lowest BCUT2D eigenvalue weighted by molar-refractivity contribution is -0.113. The molecular weight excluding hydrogens is 200 g/mol. The van der Waals surface area contributed by atoms with Crippen molar-refractivity contribution in [2.24, 2.45) is 4.99 Å². The maximum atomic E-state index is 11.2. The molecule has 1 aromatic rings. The third-order valence-corrected chi connectivity index (χ3v) is 2.39. The van der Waals surface area contributed by atoms with Gasteiger partial charge in [-0.1, -0.05) is 12.1 Å². The van der Waals surface area contributed by atoms with Crippen molar-refractivity contribution in [1.29, 1.82) is 5.26 Å². The van der Waals surface area contributed by atoms with Crippen LogP contribution in [-0.4, -0.2) is 11.5 Å².